The molecule has 160 valence electrons. The molecule has 0 aliphatic carbocycles. The average Bonchev–Trinajstić information content (AvgIpc) is 2.71. The molecule has 0 spiro atoms. The van der Waals surface area contributed by atoms with Gasteiger partial charge in [0.25, 0.3) is 0 Å². The smallest absolute Gasteiger partial charge is 0.180 e. The Kier molecular flexibility index (Phi) is 10.9. The molecule has 0 aliphatic heterocycles. The van der Waals surface area contributed by atoms with Gasteiger partial charge in [0, 0.05) is 12.1 Å². The van der Waals surface area contributed by atoms with Crippen molar-refractivity contribution in [3.05, 3.63) is 58.4 Å². The lowest BCUT2D eigenvalue weighted by Crippen LogP contribution is -2.15. The second-order valence-corrected chi connectivity index (χ2v) is 7.57. The van der Waals surface area contributed by atoms with Crippen molar-refractivity contribution in [1.29, 1.82) is 0 Å². The maximum absolute atomic E-state index is 13.8. The van der Waals surface area contributed by atoms with E-state index in [1.54, 1.807) is 18.2 Å². The molecule has 2 rings (SSSR count). The van der Waals surface area contributed by atoms with Gasteiger partial charge in [0.05, 0.1) is 11.6 Å². The third-order valence-corrected chi connectivity index (χ3v) is 5.02. The van der Waals surface area contributed by atoms with Crippen LogP contribution in [-0.2, 0) is 13.2 Å². The summed E-state index contributed by atoms with van der Waals surface area (Å²) < 4.78 is 25.4. The lowest BCUT2D eigenvalue weighted by Gasteiger charge is -2.16. The third kappa shape index (κ3) is 8.23. The lowest BCUT2D eigenvalue weighted by atomic mass is 10.1. The van der Waals surface area contributed by atoms with Crippen LogP contribution in [0.15, 0.2) is 36.4 Å². The van der Waals surface area contributed by atoms with Crippen molar-refractivity contribution in [2.45, 2.75) is 65.5 Å². The Bertz CT molecular complexity index is 739. The van der Waals surface area contributed by atoms with Gasteiger partial charge in [0.15, 0.2) is 11.5 Å². The van der Waals surface area contributed by atoms with Crippen molar-refractivity contribution in [3.63, 3.8) is 0 Å². The largest absolute Gasteiger partial charge is 0.490 e. The van der Waals surface area contributed by atoms with Gasteiger partial charge in [-0.15, -0.1) is 0 Å². The van der Waals surface area contributed by atoms with E-state index in [1.807, 2.05) is 19.1 Å². The molecule has 0 saturated heterocycles. The van der Waals surface area contributed by atoms with Gasteiger partial charge in [-0.2, -0.15) is 0 Å². The zero-order valence-electron chi connectivity index (χ0n) is 17.6. The predicted octanol–water partition coefficient (Wildman–Crippen LogP) is 6.91. The second-order valence-electron chi connectivity index (χ2n) is 7.16. The molecule has 0 heterocycles. The highest BCUT2D eigenvalue weighted by molar-refractivity contribution is 6.32. The predicted molar refractivity (Wildman–Crippen MR) is 118 cm³/mol. The lowest BCUT2D eigenvalue weighted by molar-refractivity contribution is 0.266. The Morgan fingerprint density at radius 1 is 0.966 bits per heavy atom. The second kappa shape index (κ2) is 13.4. The van der Waals surface area contributed by atoms with Gasteiger partial charge >= 0.3 is 0 Å². The van der Waals surface area contributed by atoms with Crippen LogP contribution in [0.2, 0.25) is 5.02 Å². The number of hydrogen-bond donors (Lipinski definition) is 1. The molecule has 0 bridgehead atoms. The van der Waals surface area contributed by atoms with Crippen LogP contribution < -0.4 is 14.8 Å². The number of nitrogens with one attached hydrogen (secondary N) is 1. The number of ether oxygens (including phenoxy) is 2. The fraction of sp³-hybridized carbons (Fsp3) is 0.500. The molecule has 0 aromatic heterocycles. The minimum Gasteiger partial charge on any atom is -0.490 e. The molecule has 29 heavy (non-hydrogen) atoms. The van der Waals surface area contributed by atoms with E-state index in [9.17, 15) is 4.39 Å². The van der Waals surface area contributed by atoms with Gasteiger partial charge in [-0.05, 0) is 43.7 Å². The zero-order chi connectivity index (χ0) is 20.9. The first-order valence-electron chi connectivity index (χ1n) is 10.7. The maximum atomic E-state index is 13.8. The van der Waals surface area contributed by atoms with E-state index in [0.717, 1.165) is 18.7 Å². The molecule has 0 radical (unpaired) electrons. The normalized spacial score (nSPS) is 10.9. The molecule has 0 aliphatic rings. The molecule has 0 saturated carbocycles. The molecule has 0 atom stereocenters. The standard InChI is InChI=1S/C24H33ClFNO2/c1-3-5-6-7-8-11-14-27-17-19-15-21(25)24(23(16-19)28-4-2)29-18-20-12-9-10-13-22(20)26/h9-10,12-13,15-16,27H,3-8,11,14,17-18H2,1-2H3. The van der Waals surface area contributed by atoms with Crippen LogP contribution >= 0.6 is 11.6 Å². The summed E-state index contributed by atoms with van der Waals surface area (Å²) in [7, 11) is 0. The summed E-state index contributed by atoms with van der Waals surface area (Å²) >= 11 is 6.46. The highest BCUT2D eigenvalue weighted by atomic mass is 35.5. The molecule has 0 fully saturated rings. The van der Waals surface area contributed by atoms with Crippen molar-refractivity contribution in [2.24, 2.45) is 0 Å². The first-order valence-corrected chi connectivity index (χ1v) is 11.1. The molecule has 2 aromatic rings. The molecular weight excluding hydrogens is 389 g/mol. The first-order chi connectivity index (χ1) is 14.2. The minimum atomic E-state index is -0.294. The van der Waals surface area contributed by atoms with Gasteiger partial charge in [-0.3, -0.25) is 0 Å². The fourth-order valence-corrected chi connectivity index (χ4v) is 3.44. The Hall–Kier alpha value is -1.78. The van der Waals surface area contributed by atoms with Crippen molar-refractivity contribution >= 4 is 11.6 Å². The molecule has 0 amide bonds. The summed E-state index contributed by atoms with van der Waals surface area (Å²) in [6.07, 6.45) is 7.70. The average molecular weight is 422 g/mol. The van der Waals surface area contributed by atoms with Crippen molar-refractivity contribution < 1.29 is 13.9 Å². The molecular formula is C24H33ClFNO2. The Labute approximate surface area is 179 Å². The van der Waals surface area contributed by atoms with Gasteiger partial charge in [-0.25, -0.2) is 4.39 Å². The van der Waals surface area contributed by atoms with Crippen LogP contribution in [0.5, 0.6) is 11.5 Å². The van der Waals surface area contributed by atoms with Crippen LogP contribution in [0.1, 0.15) is 63.5 Å². The number of halogens is 2. The summed E-state index contributed by atoms with van der Waals surface area (Å²) in [5.74, 6) is 0.751. The Morgan fingerprint density at radius 2 is 1.72 bits per heavy atom. The Morgan fingerprint density at radius 3 is 2.48 bits per heavy atom. The summed E-state index contributed by atoms with van der Waals surface area (Å²) in [4.78, 5) is 0. The van der Waals surface area contributed by atoms with Crippen molar-refractivity contribution in [3.8, 4) is 11.5 Å². The molecule has 5 heteroatoms. The topological polar surface area (TPSA) is 30.5 Å². The quantitative estimate of drug-likeness (QED) is 0.336. The third-order valence-electron chi connectivity index (χ3n) is 4.74. The van der Waals surface area contributed by atoms with Crippen LogP contribution in [0.25, 0.3) is 0 Å². The number of hydrogen-bond acceptors (Lipinski definition) is 3. The van der Waals surface area contributed by atoms with Gasteiger partial charge in [0.1, 0.15) is 12.4 Å². The first kappa shape index (κ1) is 23.5. The van der Waals surface area contributed by atoms with Crippen molar-refractivity contribution in [2.75, 3.05) is 13.2 Å². The summed E-state index contributed by atoms with van der Waals surface area (Å²) in [6, 6.07) is 10.4. The molecule has 3 nitrogen and oxygen atoms in total. The summed E-state index contributed by atoms with van der Waals surface area (Å²) in [5.41, 5.74) is 1.53. The highest BCUT2D eigenvalue weighted by Gasteiger charge is 2.14. The van der Waals surface area contributed by atoms with Gasteiger partial charge < -0.3 is 14.8 Å². The van der Waals surface area contributed by atoms with E-state index in [0.29, 0.717) is 28.7 Å². The van der Waals surface area contributed by atoms with Crippen LogP contribution in [0.3, 0.4) is 0 Å². The zero-order valence-corrected chi connectivity index (χ0v) is 18.4. The van der Waals surface area contributed by atoms with E-state index in [-0.39, 0.29) is 12.4 Å². The Balaban J connectivity index is 1.90. The van der Waals surface area contributed by atoms with E-state index >= 15 is 0 Å². The van der Waals surface area contributed by atoms with E-state index in [1.165, 1.54) is 44.6 Å². The number of benzene rings is 2. The van der Waals surface area contributed by atoms with E-state index in [2.05, 4.69) is 12.2 Å². The molecule has 0 unspecified atom stereocenters. The SMILES string of the molecule is CCCCCCCCNCc1cc(Cl)c(OCc2ccccc2F)c(OCC)c1. The van der Waals surface area contributed by atoms with E-state index in [4.69, 9.17) is 21.1 Å². The summed E-state index contributed by atoms with van der Waals surface area (Å²) in [6.45, 7) is 6.46. The van der Waals surface area contributed by atoms with E-state index < -0.39 is 0 Å². The fourth-order valence-electron chi connectivity index (χ4n) is 3.15. The highest BCUT2D eigenvalue weighted by Crippen LogP contribution is 2.37. The van der Waals surface area contributed by atoms with Crippen molar-refractivity contribution in [1.82, 2.24) is 5.32 Å². The number of unbranched alkanes of at least 4 members (excludes halogenated alkanes) is 5. The minimum absolute atomic E-state index is 0.0993. The van der Waals surface area contributed by atoms with Crippen LogP contribution in [0.4, 0.5) is 4.39 Å². The monoisotopic (exact) mass is 421 g/mol. The van der Waals surface area contributed by atoms with Gasteiger partial charge in [0.2, 0.25) is 0 Å². The summed E-state index contributed by atoms with van der Waals surface area (Å²) in [5, 5.41) is 3.94. The molecule has 2 aromatic carbocycles. The maximum Gasteiger partial charge on any atom is 0.180 e. The van der Waals surface area contributed by atoms with Gasteiger partial charge in [-0.1, -0.05) is 68.8 Å². The van der Waals surface area contributed by atoms with Crippen LogP contribution in [0, 0.1) is 5.82 Å². The number of rotatable bonds is 14. The molecule has 1 N–H and O–H groups in total. The van der Waals surface area contributed by atoms with Crippen LogP contribution in [-0.4, -0.2) is 13.2 Å².